The largest absolute Gasteiger partial charge is 0.508 e. The van der Waals surface area contributed by atoms with E-state index in [1.165, 1.54) is 25.7 Å². The van der Waals surface area contributed by atoms with Crippen molar-refractivity contribution in [3.05, 3.63) is 23.8 Å². The smallest absolute Gasteiger partial charge is 0.123 e. The lowest BCUT2D eigenvalue weighted by Crippen LogP contribution is -2.09. The van der Waals surface area contributed by atoms with Gasteiger partial charge in [-0.15, -0.1) is 0 Å². The molecule has 2 N–H and O–H groups in total. The minimum Gasteiger partial charge on any atom is -0.508 e. The van der Waals surface area contributed by atoms with Crippen LogP contribution in [0.3, 0.4) is 0 Å². The molecule has 0 bridgehead atoms. The molecule has 1 fully saturated rings. The van der Waals surface area contributed by atoms with Gasteiger partial charge in [-0.05, 0) is 56.2 Å². The fourth-order valence-electron chi connectivity index (χ4n) is 2.99. The Kier molecular flexibility index (Phi) is 8.32. The molecule has 0 spiro atoms. The van der Waals surface area contributed by atoms with E-state index >= 15 is 0 Å². The van der Waals surface area contributed by atoms with Crippen LogP contribution in [0.2, 0.25) is 0 Å². The first kappa shape index (κ1) is 18.8. The number of hydrogen-bond acceptors (Lipinski definition) is 3. The van der Waals surface area contributed by atoms with E-state index in [1.807, 2.05) is 19.9 Å². The normalized spacial score (nSPS) is 21.2. The molecule has 3 nitrogen and oxygen atoms in total. The van der Waals surface area contributed by atoms with E-state index in [0.717, 1.165) is 17.4 Å². The average molecular weight is 308 g/mol. The van der Waals surface area contributed by atoms with E-state index in [1.54, 1.807) is 12.1 Å². The summed E-state index contributed by atoms with van der Waals surface area (Å²) in [5, 5.41) is 18.1. The van der Waals surface area contributed by atoms with Crippen molar-refractivity contribution in [2.75, 3.05) is 6.61 Å². The Morgan fingerprint density at radius 2 is 1.77 bits per heavy atom. The summed E-state index contributed by atoms with van der Waals surface area (Å²) in [6, 6.07) is 5.03. The minimum absolute atomic E-state index is 0.0740. The van der Waals surface area contributed by atoms with Crippen LogP contribution in [0.25, 0.3) is 0 Å². The number of phenols is 1. The number of aromatic hydroxyl groups is 1. The molecule has 0 saturated heterocycles. The van der Waals surface area contributed by atoms with E-state index in [-0.39, 0.29) is 18.5 Å². The Morgan fingerprint density at radius 3 is 2.23 bits per heavy atom. The van der Waals surface area contributed by atoms with Crippen molar-refractivity contribution in [2.45, 2.75) is 65.9 Å². The second-order valence-corrected chi connectivity index (χ2v) is 6.85. The van der Waals surface area contributed by atoms with Gasteiger partial charge in [-0.2, -0.15) is 0 Å². The molecule has 0 aliphatic heterocycles. The Balaban J connectivity index is 0.000000255. The van der Waals surface area contributed by atoms with Gasteiger partial charge in [0.1, 0.15) is 11.5 Å². The summed E-state index contributed by atoms with van der Waals surface area (Å²) in [5.41, 5.74) is 0.878. The van der Waals surface area contributed by atoms with Crippen molar-refractivity contribution in [1.82, 2.24) is 0 Å². The topological polar surface area (TPSA) is 49.7 Å². The van der Waals surface area contributed by atoms with Crippen molar-refractivity contribution >= 4 is 0 Å². The highest BCUT2D eigenvalue weighted by atomic mass is 16.5. The van der Waals surface area contributed by atoms with Crippen LogP contribution >= 0.6 is 0 Å². The molecule has 2 rings (SSSR count). The third-order valence-corrected chi connectivity index (χ3v) is 3.92. The number of phenolic OH excluding ortho intramolecular Hbond substituents is 1. The maximum absolute atomic E-state index is 9.37. The van der Waals surface area contributed by atoms with Gasteiger partial charge < -0.3 is 14.9 Å². The lowest BCUT2D eigenvalue weighted by molar-refractivity contribution is 0.241. The maximum atomic E-state index is 9.37. The Labute approximate surface area is 135 Å². The summed E-state index contributed by atoms with van der Waals surface area (Å²) in [7, 11) is 0. The Hall–Kier alpha value is -1.22. The molecular weight excluding hydrogens is 276 g/mol. The third kappa shape index (κ3) is 7.69. The first-order chi connectivity index (χ1) is 10.4. The van der Waals surface area contributed by atoms with E-state index in [2.05, 4.69) is 13.8 Å². The van der Waals surface area contributed by atoms with Crippen LogP contribution in [0.4, 0.5) is 0 Å². The second kappa shape index (κ2) is 9.73. The third-order valence-electron chi connectivity index (χ3n) is 3.92. The molecular formula is C19H32O3. The van der Waals surface area contributed by atoms with Crippen molar-refractivity contribution in [3.63, 3.8) is 0 Å². The lowest BCUT2D eigenvalue weighted by atomic mass is 9.84. The van der Waals surface area contributed by atoms with E-state index < -0.39 is 0 Å². The fraction of sp³-hybridized carbons (Fsp3) is 0.684. The zero-order chi connectivity index (χ0) is 16.5. The van der Waals surface area contributed by atoms with Crippen LogP contribution in [0.1, 0.15) is 58.9 Å². The van der Waals surface area contributed by atoms with Gasteiger partial charge in [0.05, 0.1) is 6.10 Å². The van der Waals surface area contributed by atoms with Crippen LogP contribution in [0.15, 0.2) is 18.2 Å². The summed E-state index contributed by atoms with van der Waals surface area (Å²) < 4.78 is 5.44. The summed E-state index contributed by atoms with van der Waals surface area (Å²) in [6.45, 7) is 8.67. The summed E-state index contributed by atoms with van der Waals surface area (Å²) in [5.74, 6) is 2.84. The first-order valence-corrected chi connectivity index (χ1v) is 8.51. The van der Waals surface area contributed by atoms with Crippen LogP contribution in [0.5, 0.6) is 11.5 Å². The second-order valence-electron chi connectivity index (χ2n) is 6.85. The molecule has 3 heteroatoms. The molecule has 0 heterocycles. The van der Waals surface area contributed by atoms with Crippen molar-refractivity contribution in [2.24, 2.45) is 11.8 Å². The van der Waals surface area contributed by atoms with Gasteiger partial charge in [-0.1, -0.05) is 33.1 Å². The molecule has 1 aromatic rings. The number of ether oxygens (including phenoxy) is 1. The zero-order valence-electron chi connectivity index (χ0n) is 14.5. The van der Waals surface area contributed by atoms with Gasteiger partial charge in [0, 0.05) is 12.7 Å². The quantitative estimate of drug-likeness (QED) is 0.858. The molecule has 126 valence electrons. The zero-order valence-corrected chi connectivity index (χ0v) is 14.5. The fourth-order valence-corrected chi connectivity index (χ4v) is 2.99. The van der Waals surface area contributed by atoms with Crippen LogP contribution < -0.4 is 4.74 Å². The first-order valence-electron chi connectivity index (χ1n) is 8.51. The van der Waals surface area contributed by atoms with Crippen molar-refractivity contribution in [1.29, 1.82) is 0 Å². The molecule has 0 amide bonds. The van der Waals surface area contributed by atoms with E-state index in [4.69, 9.17) is 9.84 Å². The van der Waals surface area contributed by atoms with E-state index in [0.29, 0.717) is 12.2 Å². The van der Waals surface area contributed by atoms with Gasteiger partial charge in [0.2, 0.25) is 0 Å². The van der Waals surface area contributed by atoms with Crippen LogP contribution in [-0.2, 0) is 6.42 Å². The number of benzene rings is 1. The summed E-state index contributed by atoms with van der Waals surface area (Å²) >= 11 is 0. The molecule has 0 radical (unpaired) electrons. The van der Waals surface area contributed by atoms with E-state index in [9.17, 15) is 5.11 Å². The van der Waals surface area contributed by atoms with Gasteiger partial charge in [0.15, 0.2) is 0 Å². The predicted molar refractivity (Wildman–Crippen MR) is 91.5 cm³/mol. The number of rotatable bonds is 4. The molecule has 1 aliphatic rings. The highest BCUT2D eigenvalue weighted by molar-refractivity contribution is 5.37. The minimum atomic E-state index is 0.0740. The standard InChI is InChI=1S/C11H16O3.C8H16/c1-8(2)14-11-6-9(3-4-12)5-10(13)7-11;1-7-4-3-5-8(2)6-7/h5-8,12-13H,3-4H2,1-2H3;7-8H,3-6H2,1-2H3. The molecule has 1 saturated carbocycles. The molecule has 2 atom stereocenters. The SMILES string of the molecule is CC(C)Oc1cc(O)cc(CCO)c1.CC1CCCC(C)C1. The van der Waals surface area contributed by atoms with Crippen molar-refractivity contribution < 1.29 is 14.9 Å². The van der Waals surface area contributed by atoms with Crippen LogP contribution in [0, 0.1) is 11.8 Å². The van der Waals surface area contributed by atoms with Crippen molar-refractivity contribution in [3.8, 4) is 11.5 Å². The molecule has 2 unspecified atom stereocenters. The van der Waals surface area contributed by atoms with Gasteiger partial charge in [0.25, 0.3) is 0 Å². The molecule has 0 aromatic heterocycles. The van der Waals surface area contributed by atoms with Gasteiger partial charge in [-0.25, -0.2) is 0 Å². The highest BCUT2D eigenvalue weighted by Gasteiger charge is 2.13. The summed E-state index contributed by atoms with van der Waals surface area (Å²) in [6.07, 6.45) is 6.51. The molecule has 1 aliphatic carbocycles. The number of aliphatic hydroxyl groups is 1. The Bertz CT molecular complexity index is 421. The van der Waals surface area contributed by atoms with Gasteiger partial charge in [-0.3, -0.25) is 0 Å². The maximum Gasteiger partial charge on any atom is 0.123 e. The lowest BCUT2D eigenvalue weighted by Gasteiger charge is -2.22. The predicted octanol–water partition coefficient (Wildman–Crippen LogP) is 4.55. The summed E-state index contributed by atoms with van der Waals surface area (Å²) in [4.78, 5) is 0. The monoisotopic (exact) mass is 308 g/mol. The number of hydrogen-bond donors (Lipinski definition) is 2. The molecule has 1 aromatic carbocycles. The highest BCUT2D eigenvalue weighted by Crippen LogP contribution is 2.27. The average Bonchev–Trinajstić information content (AvgIpc) is 2.37. The van der Waals surface area contributed by atoms with Gasteiger partial charge >= 0.3 is 0 Å². The number of aliphatic hydroxyl groups excluding tert-OH is 1. The molecule has 22 heavy (non-hydrogen) atoms. The Morgan fingerprint density at radius 1 is 1.14 bits per heavy atom. The van der Waals surface area contributed by atoms with Crippen LogP contribution in [-0.4, -0.2) is 22.9 Å².